The number of carbonyl (C=O) groups excluding carboxylic acids is 1. The van der Waals surface area contributed by atoms with Crippen LogP contribution in [0.4, 0.5) is 14.5 Å². The fourth-order valence-corrected chi connectivity index (χ4v) is 1.68. The molecule has 0 fully saturated rings. The van der Waals surface area contributed by atoms with Gasteiger partial charge in [0.25, 0.3) is 5.91 Å². The van der Waals surface area contributed by atoms with Crippen LogP contribution in [0, 0.1) is 3.57 Å². The zero-order chi connectivity index (χ0) is 10.7. The number of amides is 1. The molecule has 0 spiro atoms. The maximum absolute atomic E-state index is 11.9. The first kappa shape index (κ1) is 11.6. The number of hydrogen-bond acceptors (Lipinski definition) is 1. The zero-order valence-electron chi connectivity index (χ0n) is 6.73. The van der Waals surface area contributed by atoms with Crippen molar-refractivity contribution in [3.05, 3.63) is 26.8 Å². The summed E-state index contributed by atoms with van der Waals surface area (Å²) in [5.41, 5.74) is 0.192. The second-order valence-electron chi connectivity index (χ2n) is 2.41. The van der Waals surface area contributed by atoms with E-state index in [1.807, 2.05) is 27.9 Å². The molecule has 0 unspecified atom stereocenters. The quantitative estimate of drug-likeness (QED) is 0.829. The molecule has 6 heteroatoms. The summed E-state index contributed by atoms with van der Waals surface area (Å²) in [4.78, 5) is 10.6. The second kappa shape index (κ2) is 4.88. The van der Waals surface area contributed by atoms with Crippen molar-refractivity contribution in [1.82, 2.24) is 0 Å². The first-order valence-electron chi connectivity index (χ1n) is 3.55. The van der Waals surface area contributed by atoms with Crippen LogP contribution in [0.15, 0.2) is 18.2 Å². The Hall–Kier alpha value is -0.430. The van der Waals surface area contributed by atoms with E-state index in [9.17, 15) is 13.6 Å². The van der Waals surface area contributed by atoms with Gasteiger partial charge in [0.2, 0.25) is 0 Å². The van der Waals surface area contributed by atoms with E-state index in [-0.39, 0.29) is 10.7 Å². The number of alkyl halides is 2. The Morgan fingerprint density at radius 1 is 1.50 bits per heavy atom. The number of anilines is 1. The van der Waals surface area contributed by atoms with Crippen molar-refractivity contribution in [1.29, 1.82) is 0 Å². The lowest BCUT2D eigenvalue weighted by atomic mass is 10.3. The highest BCUT2D eigenvalue weighted by Crippen LogP contribution is 2.24. The van der Waals surface area contributed by atoms with E-state index < -0.39 is 12.3 Å². The second-order valence-corrected chi connectivity index (χ2v) is 4.07. The monoisotopic (exact) mass is 331 g/mol. The summed E-state index contributed by atoms with van der Waals surface area (Å²) >= 11 is 7.74. The van der Waals surface area contributed by atoms with E-state index in [1.165, 1.54) is 6.07 Å². The van der Waals surface area contributed by atoms with Gasteiger partial charge in [-0.05, 0) is 40.8 Å². The van der Waals surface area contributed by atoms with E-state index in [0.717, 1.165) is 3.57 Å². The van der Waals surface area contributed by atoms with Crippen LogP contribution in [0.1, 0.15) is 0 Å². The topological polar surface area (TPSA) is 29.1 Å². The molecule has 0 saturated heterocycles. The van der Waals surface area contributed by atoms with Gasteiger partial charge in [0.1, 0.15) is 0 Å². The molecule has 14 heavy (non-hydrogen) atoms. The Bertz CT molecular complexity index is 359. The molecule has 0 heterocycles. The Kier molecular flexibility index (Phi) is 4.06. The number of rotatable bonds is 2. The fourth-order valence-electron chi connectivity index (χ4n) is 0.778. The highest BCUT2D eigenvalue weighted by Gasteiger charge is 2.16. The molecule has 0 aliphatic carbocycles. The summed E-state index contributed by atoms with van der Waals surface area (Å²) in [6.45, 7) is 0. The van der Waals surface area contributed by atoms with E-state index >= 15 is 0 Å². The van der Waals surface area contributed by atoms with E-state index in [2.05, 4.69) is 0 Å². The minimum atomic E-state index is -3.04. The SMILES string of the molecule is O=C(Nc1ccc(I)cc1Cl)C(F)F. The van der Waals surface area contributed by atoms with Gasteiger partial charge in [-0.25, -0.2) is 0 Å². The Labute approximate surface area is 97.8 Å². The molecule has 1 N–H and O–H groups in total. The molecule has 0 atom stereocenters. The Morgan fingerprint density at radius 2 is 2.14 bits per heavy atom. The smallest absolute Gasteiger partial charge is 0.315 e. The van der Waals surface area contributed by atoms with Gasteiger partial charge in [0, 0.05) is 3.57 Å². The summed E-state index contributed by atoms with van der Waals surface area (Å²) in [6.07, 6.45) is -3.04. The lowest BCUT2D eigenvalue weighted by molar-refractivity contribution is -0.126. The highest BCUT2D eigenvalue weighted by molar-refractivity contribution is 14.1. The van der Waals surface area contributed by atoms with E-state index in [0.29, 0.717) is 0 Å². The predicted molar refractivity (Wildman–Crippen MR) is 58.8 cm³/mol. The molecule has 1 amide bonds. The third kappa shape index (κ3) is 3.06. The van der Waals surface area contributed by atoms with Crippen LogP contribution in [0.2, 0.25) is 5.02 Å². The third-order valence-electron chi connectivity index (χ3n) is 1.39. The molecule has 76 valence electrons. The van der Waals surface area contributed by atoms with Crippen molar-refractivity contribution >= 4 is 45.8 Å². The van der Waals surface area contributed by atoms with Crippen molar-refractivity contribution in [3.63, 3.8) is 0 Å². The molecular weight excluding hydrogens is 326 g/mol. The molecule has 0 aliphatic rings. The van der Waals surface area contributed by atoms with Crippen molar-refractivity contribution in [2.24, 2.45) is 0 Å². The number of halogens is 4. The Morgan fingerprint density at radius 3 is 2.64 bits per heavy atom. The summed E-state index contributed by atoms with van der Waals surface area (Å²) in [6, 6.07) is 4.71. The average Bonchev–Trinajstić information content (AvgIpc) is 2.09. The number of nitrogens with one attached hydrogen (secondary N) is 1. The van der Waals surface area contributed by atoms with Crippen LogP contribution >= 0.6 is 34.2 Å². The number of benzene rings is 1. The Balaban J connectivity index is 2.82. The molecule has 0 saturated carbocycles. The number of hydrogen-bond donors (Lipinski definition) is 1. The summed E-state index contributed by atoms with van der Waals surface area (Å²) in [5.74, 6) is -1.35. The van der Waals surface area contributed by atoms with Gasteiger partial charge >= 0.3 is 6.43 Å². The molecule has 0 bridgehead atoms. The maximum atomic E-state index is 11.9. The van der Waals surface area contributed by atoms with Crippen molar-refractivity contribution < 1.29 is 13.6 Å². The van der Waals surface area contributed by atoms with Crippen LogP contribution in [0.25, 0.3) is 0 Å². The van der Waals surface area contributed by atoms with Gasteiger partial charge in [-0.3, -0.25) is 4.79 Å². The number of carbonyl (C=O) groups is 1. The van der Waals surface area contributed by atoms with Gasteiger partial charge in [0.05, 0.1) is 10.7 Å². The molecule has 1 aromatic rings. The molecule has 2 nitrogen and oxygen atoms in total. The van der Waals surface area contributed by atoms with Crippen LogP contribution in [-0.2, 0) is 4.79 Å². The molecule has 1 rings (SSSR count). The summed E-state index contributed by atoms with van der Waals surface area (Å²) in [7, 11) is 0. The van der Waals surface area contributed by atoms with Crippen LogP contribution in [0.3, 0.4) is 0 Å². The van der Waals surface area contributed by atoms with Crippen molar-refractivity contribution in [3.8, 4) is 0 Å². The van der Waals surface area contributed by atoms with Crippen LogP contribution < -0.4 is 5.32 Å². The van der Waals surface area contributed by atoms with Crippen molar-refractivity contribution in [2.45, 2.75) is 6.43 Å². The minimum absolute atomic E-state index is 0.192. The minimum Gasteiger partial charge on any atom is -0.320 e. The third-order valence-corrected chi connectivity index (χ3v) is 2.37. The first-order valence-corrected chi connectivity index (χ1v) is 5.00. The molecule has 0 aliphatic heterocycles. The average molecular weight is 331 g/mol. The highest BCUT2D eigenvalue weighted by atomic mass is 127. The largest absolute Gasteiger partial charge is 0.320 e. The maximum Gasteiger partial charge on any atom is 0.315 e. The molecule has 0 aromatic heterocycles. The summed E-state index contributed by atoms with van der Waals surface area (Å²) in [5, 5.41) is 2.25. The summed E-state index contributed by atoms with van der Waals surface area (Å²) < 4.78 is 24.6. The predicted octanol–water partition coefficient (Wildman–Crippen LogP) is 3.15. The van der Waals surface area contributed by atoms with E-state index in [4.69, 9.17) is 11.6 Å². The molecular formula is C8H5ClF2INO. The van der Waals surface area contributed by atoms with Gasteiger partial charge in [-0.15, -0.1) is 0 Å². The molecule has 1 aromatic carbocycles. The van der Waals surface area contributed by atoms with E-state index in [1.54, 1.807) is 12.1 Å². The standard InChI is InChI=1S/C8H5ClF2INO/c9-5-3-4(12)1-2-6(5)13-8(14)7(10)11/h1-3,7H,(H,13,14). The normalized spacial score (nSPS) is 10.4. The van der Waals surface area contributed by atoms with Gasteiger partial charge in [-0.1, -0.05) is 11.6 Å². The van der Waals surface area contributed by atoms with Crippen LogP contribution in [0.5, 0.6) is 0 Å². The molecule has 0 radical (unpaired) electrons. The van der Waals surface area contributed by atoms with Crippen LogP contribution in [-0.4, -0.2) is 12.3 Å². The lowest BCUT2D eigenvalue weighted by Gasteiger charge is -2.06. The first-order chi connectivity index (χ1) is 6.50. The fraction of sp³-hybridized carbons (Fsp3) is 0.125. The van der Waals surface area contributed by atoms with Gasteiger partial charge < -0.3 is 5.32 Å². The van der Waals surface area contributed by atoms with Gasteiger partial charge in [0.15, 0.2) is 0 Å². The van der Waals surface area contributed by atoms with Gasteiger partial charge in [-0.2, -0.15) is 8.78 Å². The zero-order valence-corrected chi connectivity index (χ0v) is 9.64. The lowest BCUT2D eigenvalue weighted by Crippen LogP contribution is -2.20. The van der Waals surface area contributed by atoms with Crippen molar-refractivity contribution in [2.75, 3.05) is 5.32 Å².